The number of hydrogen-bond acceptors (Lipinski definition) is 7. The first-order chi connectivity index (χ1) is 15.4. The number of hydrogen-bond donors (Lipinski definition) is 2. The van der Waals surface area contributed by atoms with E-state index in [1.54, 1.807) is 24.1 Å². The van der Waals surface area contributed by atoms with Crippen LogP contribution in [0.15, 0.2) is 36.4 Å². The highest BCUT2D eigenvalue weighted by Crippen LogP contribution is 2.39. The first-order valence-electron chi connectivity index (χ1n) is 10.5. The van der Waals surface area contributed by atoms with Crippen molar-refractivity contribution in [2.24, 2.45) is 0 Å². The van der Waals surface area contributed by atoms with Crippen molar-refractivity contribution in [2.45, 2.75) is 45.6 Å². The quantitative estimate of drug-likeness (QED) is 0.427. The molecule has 32 heavy (non-hydrogen) atoms. The van der Waals surface area contributed by atoms with Gasteiger partial charge in [-0.05, 0) is 51.3 Å². The molecule has 0 saturated heterocycles. The highest BCUT2D eigenvalue weighted by molar-refractivity contribution is 7.13. The molecule has 10 heteroatoms. The molecule has 3 N–H and O–H groups in total. The Hall–Kier alpha value is -3.53. The molecule has 1 aliphatic rings. The fourth-order valence-electron chi connectivity index (χ4n) is 3.64. The molecule has 3 aromatic heterocycles. The Morgan fingerprint density at radius 2 is 2.09 bits per heavy atom. The molecular weight excluding hydrogens is 424 g/mol. The van der Waals surface area contributed by atoms with Gasteiger partial charge in [-0.1, -0.05) is 0 Å². The number of nitrogens with zero attached hydrogens (tertiary/aromatic N) is 6. The summed E-state index contributed by atoms with van der Waals surface area (Å²) in [5, 5.41) is 13.5. The van der Waals surface area contributed by atoms with Gasteiger partial charge in [0.2, 0.25) is 0 Å². The molecular formula is C22H24N8OS. The van der Waals surface area contributed by atoms with Gasteiger partial charge in [0, 0.05) is 29.2 Å². The second-order valence-electron chi connectivity index (χ2n) is 8.35. The summed E-state index contributed by atoms with van der Waals surface area (Å²) in [5.74, 6) is 1.38. The van der Waals surface area contributed by atoms with Crippen LogP contribution >= 0.6 is 11.3 Å². The first kappa shape index (κ1) is 20.4. The number of nitrogens with two attached hydrogens (primary N) is 1. The van der Waals surface area contributed by atoms with Gasteiger partial charge in [0.25, 0.3) is 5.91 Å². The molecule has 0 spiro atoms. The summed E-state index contributed by atoms with van der Waals surface area (Å²) < 4.78 is 3.90. The Balaban J connectivity index is 1.40. The molecule has 0 atom stereocenters. The molecule has 0 bridgehead atoms. The third-order valence-corrected chi connectivity index (χ3v) is 6.39. The molecule has 1 amide bonds. The number of carbonyl (C=O) groups is 1. The van der Waals surface area contributed by atoms with Crippen LogP contribution in [-0.4, -0.2) is 35.2 Å². The molecule has 5 rings (SSSR count). The predicted octanol–water partition coefficient (Wildman–Crippen LogP) is 4.19. The second kappa shape index (κ2) is 7.86. The van der Waals surface area contributed by atoms with E-state index < -0.39 is 0 Å². The molecule has 1 saturated carbocycles. The summed E-state index contributed by atoms with van der Waals surface area (Å²) in [5.41, 5.74) is 9.96. The second-order valence-corrected chi connectivity index (χ2v) is 9.21. The highest BCUT2D eigenvalue weighted by atomic mass is 32.1. The largest absolute Gasteiger partial charge is 0.398 e. The van der Waals surface area contributed by atoms with Crippen LogP contribution < -0.4 is 11.1 Å². The summed E-state index contributed by atoms with van der Waals surface area (Å²) in [6.07, 6.45) is 7.89. The van der Waals surface area contributed by atoms with E-state index in [9.17, 15) is 4.79 Å². The van der Waals surface area contributed by atoms with Crippen molar-refractivity contribution in [1.29, 1.82) is 0 Å². The van der Waals surface area contributed by atoms with Crippen molar-refractivity contribution in [1.82, 2.24) is 29.3 Å². The average Bonchev–Trinajstić information content (AvgIpc) is 3.15. The van der Waals surface area contributed by atoms with E-state index in [2.05, 4.69) is 39.3 Å². The van der Waals surface area contributed by atoms with Crippen molar-refractivity contribution in [3.05, 3.63) is 53.2 Å². The van der Waals surface area contributed by atoms with Gasteiger partial charge in [-0.25, -0.2) is 9.97 Å². The van der Waals surface area contributed by atoms with E-state index in [1.807, 2.05) is 28.3 Å². The molecule has 1 aliphatic carbocycles. The lowest BCUT2D eigenvalue weighted by molar-refractivity contribution is 0.102. The molecule has 0 radical (unpaired) electrons. The minimum atomic E-state index is -0.312. The molecule has 3 heterocycles. The van der Waals surface area contributed by atoms with E-state index in [-0.39, 0.29) is 11.9 Å². The molecule has 1 aromatic carbocycles. The molecule has 0 unspecified atom stereocenters. The molecule has 1 fully saturated rings. The number of carbonyl (C=O) groups excluding carboxylic acids is 1. The van der Waals surface area contributed by atoms with Gasteiger partial charge >= 0.3 is 0 Å². The van der Waals surface area contributed by atoms with Crippen LogP contribution in [0.2, 0.25) is 0 Å². The van der Waals surface area contributed by atoms with E-state index in [1.165, 1.54) is 24.2 Å². The van der Waals surface area contributed by atoms with Gasteiger partial charge in [-0.3, -0.25) is 4.79 Å². The highest BCUT2D eigenvalue weighted by Gasteiger charge is 2.26. The fourth-order valence-corrected chi connectivity index (χ4v) is 4.38. The Morgan fingerprint density at radius 3 is 2.84 bits per heavy atom. The van der Waals surface area contributed by atoms with Gasteiger partial charge < -0.3 is 20.2 Å². The molecule has 4 aromatic rings. The minimum Gasteiger partial charge on any atom is -0.398 e. The zero-order valence-corrected chi connectivity index (χ0v) is 18.9. The SMILES string of the molecule is Cc1cc(N)c(C(=O)Nc2csc(-c3nncn3C(C)C)n2)cc1-n1cnc(C2CC2)c1. The van der Waals surface area contributed by atoms with E-state index in [0.717, 1.165) is 16.9 Å². The topological polar surface area (TPSA) is 117 Å². The van der Waals surface area contributed by atoms with Crippen LogP contribution in [0.1, 0.15) is 60.3 Å². The summed E-state index contributed by atoms with van der Waals surface area (Å²) in [6, 6.07) is 3.83. The molecule has 164 valence electrons. The zero-order valence-electron chi connectivity index (χ0n) is 18.1. The average molecular weight is 449 g/mol. The predicted molar refractivity (Wildman–Crippen MR) is 124 cm³/mol. The number of benzene rings is 1. The number of nitrogen functional groups attached to an aromatic ring is 1. The Bertz CT molecular complexity index is 1300. The number of aromatic nitrogens is 6. The maximum absolute atomic E-state index is 13.0. The van der Waals surface area contributed by atoms with Crippen LogP contribution in [0.25, 0.3) is 16.5 Å². The monoisotopic (exact) mass is 448 g/mol. The van der Waals surface area contributed by atoms with Crippen LogP contribution in [0, 0.1) is 6.92 Å². The Kier molecular flexibility index (Phi) is 5.01. The van der Waals surface area contributed by atoms with Gasteiger partial charge in [0.15, 0.2) is 10.8 Å². The van der Waals surface area contributed by atoms with Gasteiger partial charge in [0.1, 0.15) is 12.1 Å². The number of aryl methyl sites for hydroxylation is 1. The zero-order chi connectivity index (χ0) is 22.4. The summed E-state index contributed by atoms with van der Waals surface area (Å²) in [4.78, 5) is 22.1. The fraction of sp³-hybridized carbons (Fsp3) is 0.318. The lowest BCUT2D eigenvalue weighted by Gasteiger charge is -2.12. The van der Waals surface area contributed by atoms with Crippen LogP contribution in [0.4, 0.5) is 11.5 Å². The lowest BCUT2D eigenvalue weighted by Crippen LogP contribution is -2.15. The number of nitrogens with one attached hydrogen (secondary N) is 1. The summed E-state index contributed by atoms with van der Waals surface area (Å²) in [7, 11) is 0. The third kappa shape index (κ3) is 3.77. The lowest BCUT2D eigenvalue weighted by atomic mass is 10.1. The van der Waals surface area contributed by atoms with Crippen LogP contribution in [0.5, 0.6) is 0 Å². The van der Waals surface area contributed by atoms with E-state index in [4.69, 9.17) is 5.73 Å². The number of thiazole rings is 1. The maximum atomic E-state index is 13.0. The number of imidazole rings is 1. The summed E-state index contributed by atoms with van der Waals surface area (Å²) >= 11 is 1.40. The van der Waals surface area contributed by atoms with Crippen molar-refractivity contribution in [3.8, 4) is 16.5 Å². The maximum Gasteiger partial charge on any atom is 0.259 e. The normalized spacial score (nSPS) is 13.6. The van der Waals surface area contributed by atoms with Crippen molar-refractivity contribution >= 4 is 28.7 Å². The minimum absolute atomic E-state index is 0.205. The first-order valence-corrected chi connectivity index (χ1v) is 11.4. The smallest absolute Gasteiger partial charge is 0.259 e. The van der Waals surface area contributed by atoms with Gasteiger partial charge in [-0.2, -0.15) is 0 Å². The number of rotatable bonds is 6. The molecule has 9 nitrogen and oxygen atoms in total. The van der Waals surface area contributed by atoms with Crippen molar-refractivity contribution < 1.29 is 4.79 Å². The number of anilines is 2. The number of amides is 1. The Labute approximate surface area is 189 Å². The molecule has 0 aliphatic heterocycles. The standard InChI is InChI=1S/C22H24N8OS/c1-12(2)30-11-25-28-20(30)22-27-19(9-32-22)26-21(31)15-7-18(13(3)6-16(15)23)29-8-17(24-10-29)14-4-5-14/h6-12,14H,4-5,23H2,1-3H3,(H,26,31). The Morgan fingerprint density at radius 1 is 1.28 bits per heavy atom. The summed E-state index contributed by atoms with van der Waals surface area (Å²) in [6.45, 7) is 6.07. The van der Waals surface area contributed by atoms with E-state index >= 15 is 0 Å². The van der Waals surface area contributed by atoms with Gasteiger partial charge in [0.05, 0.1) is 23.3 Å². The van der Waals surface area contributed by atoms with Crippen LogP contribution in [0.3, 0.4) is 0 Å². The van der Waals surface area contributed by atoms with Crippen LogP contribution in [-0.2, 0) is 0 Å². The van der Waals surface area contributed by atoms with E-state index in [0.29, 0.717) is 33.8 Å². The third-order valence-electron chi connectivity index (χ3n) is 5.56. The van der Waals surface area contributed by atoms with Crippen molar-refractivity contribution in [3.63, 3.8) is 0 Å². The van der Waals surface area contributed by atoms with Crippen molar-refractivity contribution in [2.75, 3.05) is 11.1 Å². The van der Waals surface area contributed by atoms with Gasteiger partial charge in [-0.15, -0.1) is 21.5 Å².